The molecule has 1 saturated carbocycles. The van der Waals surface area contributed by atoms with Gasteiger partial charge in [0, 0.05) is 11.6 Å². The summed E-state index contributed by atoms with van der Waals surface area (Å²) in [6.07, 6.45) is 4.44. The number of amides is 1. The maximum atomic E-state index is 13.3. The smallest absolute Gasteiger partial charge is 0.326 e. The van der Waals surface area contributed by atoms with Crippen LogP contribution in [-0.2, 0) is 4.79 Å². The molecule has 1 aliphatic heterocycles. The predicted octanol–water partition coefficient (Wildman–Crippen LogP) is 2.68. The highest BCUT2D eigenvalue weighted by Crippen LogP contribution is 2.40. The molecular formula is C16H18FNO3. The Bertz CT molecular complexity index is 574. The lowest BCUT2D eigenvalue weighted by molar-refractivity contribution is -0.141. The van der Waals surface area contributed by atoms with Gasteiger partial charge in [-0.2, -0.15) is 0 Å². The van der Waals surface area contributed by atoms with Crippen LogP contribution in [0.5, 0.6) is 0 Å². The Kier molecular flexibility index (Phi) is 3.66. The summed E-state index contributed by atoms with van der Waals surface area (Å²) >= 11 is 0. The van der Waals surface area contributed by atoms with Gasteiger partial charge in [0.15, 0.2) is 0 Å². The van der Waals surface area contributed by atoms with Gasteiger partial charge in [0.2, 0.25) is 0 Å². The van der Waals surface area contributed by atoms with Gasteiger partial charge in [0.1, 0.15) is 11.9 Å². The first-order chi connectivity index (χ1) is 10.1. The lowest BCUT2D eigenvalue weighted by Gasteiger charge is -2.33. The molecule has 1 amide bonds. The number of aliphatic carboxylic acids is 1. The molecule has 0 bridgehead atoms. The summed E-state index contributed by atoms with van der Waals surface area (Å²) in [7, 11) is 0. The molecule has 112 valence electrons. The highest BCUT2D eigenvalue weighted by molar-refractivity contribution is 5.97. The van der Waals surface area contributed by atoms with E-state index in [1.165, 1.54) is 23.1 Å². The van der Waals surface area contributed by atoms with E-state index >= 15 is 0 Å². The summed E-state index contributed by atoms with van der Waals surface area (Å²) in [4.78, 5) is 25.6. The van der Waals surface area contributed by atoms with Gasteiger partial charge in [-0.1, -0.05) is 18.9 Å². The standard InChI is InChI=1S/C16H18FNO3/c17-12-6-3-5-11(8-12)15(19)18-13-7-2-1-4-10(13)9-14(18)16(20)21/h3,5-6,8,10,13-14H,1-2,4,7,9H2,(H,20,21)/t10-,13-,14+/m1/s1. The minimum atomic E-state index is -0.964. The summed E-state index contributed by atoms with van der Waals surface area (Å²) in [6, 6.07) is 4.67. The first kappa shape index (κ1) is 14.0. The van der Waals surface area contributed by atoms with Gasteiger partial charge in [-0.05, 0) is 43.4 Å². The van der Waals surface area contributed by atoms with Crippen molar-refractivity contribution in [1.29, 1.82) is 0 Å². The SMILES string of the molecule is O=C(O)[C@@H]1C[C@H]2CCCC[C@H]2N1C(=O)c1cccc(F)c1. The van der Waals surface area contributed by atoms with Crippen molar-refractivity contribution in [1.82, 2.24) is 4.90 Å². The molecule has 1 aliphatic carbocycles. The number of carbonyl (C=O) groups is 2. The number of carbonyl (C=O) groups excluding carboxylic acids is 1. The number of hydrogen-bond acceptors (Lipinski definition) is 2. The van der Waals surface area contributed by atoms with E-state index in [9.17, 15) is 19.1 Å². The monoisotopic (exact) mass is 291 g/mol. The van der Waals surface area contributed by atoms with Crippen LogP contribution in [0.2, 0.25) is 0 Å². The van der Waals surface area contributed by atoms with Gasteiger partial charge in [-0.15, -0.1) is 0 Å². The zero-order chi connectivity index (χ0) is 15.0. The van der Waals surface area contributed by atoms with Crippen LogP contribution in [0.15, 0.2) is 24.3 Å². The molecule has 1 heterocycles. The van der Waals surface area contributed by atoms with Gasteiger partial charge < -0.3 is 10.0 Å². The number of carboxylic acid groups (broad SMARTS) is 1. The summed E-state index contributed by atoms with van der Waals surface area (Å²) in [5, 5.41) is 9.41. The Morgan fingerprint density at radius 2 is 2.00 bits per heavy atom. The van der Waals surface area contributed by atoms with Crippen molar-refractivity contribution in [3.63, 3.8) is 0 Å². The number of fused-ring (bicyclic) bond motifs is 1. The summed E-state index contributed by atoms with van der Waals surface area (Å²) in [5.74, 6) is -1.55. The van der Waals surface area contributed by atoms with Crippen molar-refractivity contribution in [3.8, 4) is 0 Å². The molecule has 1 aromatic carbocycles. The third-order valence-corrected chi connectivity index (χ3v) is 4.68. The topological polar surface area (TPSA) is 57.6 Å². The van der Waals surface area contributed by atoms with Crippen molar-refractivity contribution in [2.75, 3.05) is 0 Å². The van der Waals surface area contributed by atoms with E-state index in [1.807, 2.05) is 0 Å². The molecule has 3 rings (SSSR count). The molecule has 0 aromatic heterocycles. The second-order valence-corrected chi connectivity index (χ2v) is 5.92. The highest BCUT2D eigenvalue weighted by atomic mass is 19.1. The molecule has 0 unspecified atom stereocenters. The van der Waals surface area contributed by atoms with Crippen molar-refractivity contribution >= 4 is 11.9 Å². The minimum Gasteiger partial charge on any atom is -0.480 e. The van der Waals surface area contributed by atoms with E-state index in [0.717, 1.165) is 25.7 Å². The lowest BCUT2D eigenvalue weighted by Crippen LogP contribution is -2.46. The van der Waals surface area contributed by atoms with E-state index in [1.54, 1.807) is 6.07 Å². The molecule has 2 fully saturated rings. The third-order valence-electron chi connectivity index (χ3n) is 4.68. The fraction of sp³-hybridized carbons (Fsp3) is 0.500. The Morgan fingerprint density at radius 3 is 2.71 bits per heavy atom. The number of hydrogen-bond donors (Lipinski definition) is 1. The lowest BCUT2D eigenvalue weighted by atomic mass is 9.84. The Morgan fingerprint density at radius 1 is 1.24 bits per heavy atom. The number of likely N-dealkylation sites (tertiary alicyclic amines) is 1. The number of halogens is 1. The molecule has 1 N–H and O–H groups in total. The summed E-state index contributed by atoms with van der Waals surface area (Å²) in [5.41, 5.74) is 0.229. The average Bonchev–Trinajstić information content (AvgIpc) is 2.86. The quantitative estimate of drug-likeness (QED) is 0.911. The first-order valence-electron chi connectivity index (χ1n) is 7.39. The maximum absolute atomic E-state index is 13.3. The highest BCUT2D eigenvalue weighted by Gasteiger charge is 2.47. The molecule has 4 nitrogen and oxygen atoms in total. The predicted molar refractivity (Wildman–Crippen MR) is 74.4 cm³/mol. The molecule has 3 atom stereocenters. The maximum Gasteiger partial charge on any atom is 0.326 e. The van der Waals surface area contributed by atoms with Crippen LogP contribution in [-0.4, -0.2) is 34.0 Å². The zero-order valence-corrected chi connectivity index (χ0v) is 11.7. The third kappa shape index (κ3) is 2.52. The van der Waals surface area contributed by atoms with Crippen molar-refractivity contribution in [2.24, 2.45) is 5.92 Å². The summed E-state index contributed by atoms with van der Waals surface area (Å²) < 4.78 is 13.3. The normalized spacial score (nSPS) is 28.2. The molecule has 5 heteroatoms. The molecule has 1 aromatic rings. The molecule has 21 heavy (non-hydrogen) atoms. The van der Waals surface area contributed by atoms with Gasteiger partial charge >= 0.3 is 5.97 Å². The second-order valence-electron chi connectivity index (χ2n) is 5.92. The minimum absolute atomic E-state index is 0.0179. The van der Waals surface area contributed by atoms with E-state index in [2.05, 4.69) is 0 Å². The van der Waals surface area contributed by atoms with Crippen LogP contribution in [0.1, 0.15) is 42.5 Å². The molecule has 0 radical (unpaired) electrons. The largest absolute Gasteiger partial charge is 0.480 e. The van der Waals surface area contributed by atoms with Crippen LogP contribution < -0.4 is 0 Å². The molecular weight excluding hydrogens is 273 g/mol. The summed E-state index contributed by atoms with van der Waals surface area (Å²) in [6.45, 7) is 0. The van der Waals surface area contributed by atoms with Gasteiger partial charge in [-0.25, -0.2) is 9.18 Å². The number of benzene rings is 1. The van der Waals surface area contributed by atoms with Gasteiger partial charge in [0.25, 0.3) is 5.91 Å². The molecule has 1 saturated heterocycles. The zero-order valence-electron chi connectivity index (χ0n) is 11.7. The Balaban J connectivity index is 1.92. The van der Waals surface area contributed by atoms with E-state index in [-0.39, 0.29) is 23.4 Å². The van der Waals surface area contributed by atoms with Crippen LogP contribution in [0.3, 0.4) is 0 Å². The van der Waals surface area contributed by atoms with Crippen molar-refractivity contribution in [2.45, 2.75) is 44.2 Å². The van der Waals surface area contributed by atoms with E-state index < -0.39 is 17.8 Å². The number of carboxylic acids is 1. The van der Waals surface area contributed by atoms with Crippen LogP contribution >= 0.6 is 0 Å². The van der Waals surface area contributed by atoms with E-state index in [4.69, 9.17) is 0 Å². The fourth-order valence-electron chi connectivity index (χ4n) is 3.74. The van der Waals surface area contributed by atoms with Crippen LogP contribution in [0.25, 0.3) is 0 Å². The number of nitrogens with zero attached hydrogens (tertiary/aromatic N) is 1. The average molecular weight is 291 g/mol. The fourth-order valence-corrected chi connectivity index (χ4v) is 3.74. The van der Waals surface area contributed by atoms with E-state index in [0.29, 0.717) is 6.42 Å². The Hall–Kier alpha value is -1.91. The first-order valence-corrected chi connectivity index (χ1v) is 7.39. The van der Waals surface area contributed by atoms with Gasteiger partial charge in [0.05, 0.1) is 0 Å². The Labute approximate surface area is 122 Å². The van der Waals surface area contributed by atoms with Crippen molar-refractivity contribution < 1.29 is 19.1 Å². The second kappa shape index (κ2) is 5.47. The van der Waals surface area contributed by atoms with Gasteiger partial charge in [-0.3, -0.25) is 4.79 Å². The van der Waals surface area contributed by atoms with Crippen LogP contribution in [0, 0.1) is 11.7 Å². The number of rotatable bonds is 2. The van der Waals surface area contributed by atoms with Crippen LogP contribution in [0.4, 0.5) is 4.39 Å². The molecule has 2 aliphatic rings. The van der Waals surface area contributed by atoms with Crippen molar-refractivity contribution in [3.05, 3.63) is 35.6 Å². The molecule has 0 spiro atoms.